The van der Waals surface area contributed by atoms with Crippen LogP contribution in [0.4, 0.5) is 0 Å². The van der Waals surface area contributed by atoms with Crippen molar-refractivity contribution in [1.29, 1.82) is 0 Å². The van der Waals surface area contributed by atoms with Crippen molar-refractivity contribution < 1.29 is 0 Å². The molecule has 1 aliphatic heterocycles. The Bertz CT molecular complexity index is 649. The Morgan fingerprint density at radius 2 is 1.81 bits per heavy atom. The summed E-state index contributed by atoms with van der Waals surface area (Å²) in [6.07, 6.45) is 0. The molecule has 0 radical (unpaired) electrons. The standard InChI is InChI=1S/C18H21N3/c1-13-8-7-11-16(12-13)18-19-17(14(2)21(3)20-18)15-9-5-4-6-10-15/h4-12,14,17H,1-3H3,(H,19,20). The predicted octanol–water partition coefficient (Wildman–Crippen LogP) is 3.32. The Kier molecular flexibility index (Phi) is 3.76. The van der Waals surface area contributed by atoms with Gasteiger partial charge in [0.1, 0.15) is 5.84 Å². The van der Waals surface area contributed by atoms with E-state index in [9.17, 15) is 0 Å². The molecule has 2 unspecified atom stereocenters. The fourth-order valence-corrected chi connectivity index (χ4v) is 2.69. The first kappa shape index (κ1) is 13.8. The third-order valence-corrected chi connectivity index (χ3v) is 4.05. The number of rotatable bonds is 2. The molecule has 0 spiro atoms. The second kappa shape index (κ2) is 5.70. The maximum atomic E-state index is 4.96. The molecule has 2 aromatic carbocycles. The highest BCUT2D eigenvalue weighted by atomic mass is 15.5. The van der Waals surface area contributed by atoms with Gasteiger partial charge >= 0.3 is 0 Å². The molecule has 21 heavy (non-hydrogen) atoms. The SMILES string of the molecule is Cc1cccc(C2=NC(c3ccccc3)C(C)N(C)N2)c1. The number of nitrogens with zero attached hydrogens (tertiary/aromatic N) is 2. The molecule has 0 saturated carbocycles. The molecule has 3 nitrogen and oxygen atoms in total. The van der Waals surface area contributed by atoms with Crippen molar-refractivity contribution in [2.75, 3.05) is 7.05 Å². The Labute approximate surface area is 126 Å². The van der Waals surface area contributed by atoms with Crippen molar-refractivity contribution >= 4 is 5.84 Å². The van der Waals surface area contributed by atoms with Crippen molar-refractivity contribution in [3.8, 4) is 0 Å². The number of aliphatic imine (C=N–C) groups is 1. The summed E-state index contributed by atoms with van der Waals surface area (Å²) in [6, 6.07) is 19.4. The van der Waals surface area contributed by atoms with Gasteiger partial charge in [0.15, 0.2) is 0 Å². The highest BCUT2D eigenvalue weighted by molar-refractivity contribution is 5.99. The van der Waals surface area contributed by atoms with Gasteiger partial charge in [-0.05, 0) is 25.5 Å². The third-order valence-electron chi connectivity index (χ3n) is 4.05. The first-order valence-electron chi connectivity index (χ1n) is 7.34. The molecule has 1 aliphatic rings. The zero-order valence-corrected chi connectivity index (χ0v) is 12.7. The first-order valence-corrected chi connectivity index (χ1v) is 7.34. The number of benzene rings is 2. The molecule has 0 bridgehead atoms. The van der Waals surface area contributed by atoms with Crippen LogP contribution in [0.25, 0.3) is 0 Å². The molecule has 2 atom stereocenters. The molecule has 108 valence electrons. The minimum Gasteiger partial charge on any atom is -0.303 e. The van der Waals surface area contributed by atoms with Crippen LogP contribution in [0, 0.1) is 6.92 Å². The lowest BCUT2D eigenvalue weighted by atomic mass is 9.99. The van der Waals surface area contributed by atoms with Gasteiger partial charge in [0.2, 0.25) is 0 Å². The summed E-state index contributed by atoms with van der Waals surface area (Å²) in [5.74, 6) is 0.938. The van der Waals surface area contributed by atoms with E-state index in [1.165, 1.54) is 11.1 Å². The van der Waals surface area contributed by atoms with Crippen molar-refractivity contribution in [2.45, 2.75) is 25.9 Å². The fraction of sp³-hybridized carbons (Fsp3) is 0.278. The van der Waals surface area contributed by atoms with Gasteiger partial charge in [-0.3, -0.25) is 4.99 Å². The molecule has 2 aromatic rings. The summed E-state index contributed by atoms with van der Waals surface area (Å²) in [6.45, 7) is 4.30. The molecule has 0 aliphatic carbocycles. The summed E-state index contributed by atoms with van der Waals surface area (Å²) in [5.41, 5.74) is 7.02. The van der Waals surface area contributed by atoms with Crippen LogP contribution >= 0.6 is 0 Å². The van der Waals surface area contributed by atoms with Gasteiger partial charge in [0, 0.05) is 12.6 Å². The molecule has 1 heterocycles. The van der Waals surface area contributed by atoms with E-state index in [2.05, 4.69) is 79.9 Å². The van der Waals surface area contributed by atoms with E-state index in [0.29, 0.717) is 6.04 Å². The first-order chi connectivity index (χ1) is 10.1. The maximum Gasteiger partial charge on any atom is 0.143 e. The molecule has 0 amide bonds. The molecular formula is C18H21N3. The average Bonchev–Trinajstić information content (AvgIpc) is 2.51. The van der Waals surface area contributed by atoms with Gasteiger partial charge in [0.25, 0.3) is 0 Å². The third kappa shape index (κ3) is 2.83. The molecule has 3 heteroatoms. The van der Waals surface area contributed by atoms with Crippen molar-refractivity contribution in [3.05, 3.63) is 71.3 Å². The van der Waals surface area contributed by atoms with E-state index < -0.39 is 0 Å². The zero-order valence-electron chi connectivity index (χ0n) is 12.7. The summed E-state index contributed by atoms with van der Waals surface area (Å²) >= 11 is 0. The second-order valence-corrected chi connectivity index (χ2v) is 5.67. The predicted molar refractivity (Wildman–Crippen MR) is 87.3 cm³/mol. The van der Waals surface area contributed by atoms with E-state index in [4.69, 9.17) is 4.99 Å². The van der Waals surface area contributed by atoms with Crippen LogP contribution in [-0.2, 0) is 0 Å². The van der Waals surface area contributed by atoms with Crippen LogP contribution in [-0.4, -0.2) is 23.9 Å². The fourth-order valence-electron chi connectivity index (χ4n) is 2.69. The highest BCUT2D eigenvalue weighted by Crippen LogP contribution is 2.27. The lowest BCUT2D eigenvalue weighted by molar-refractivity contribution is 0.178. The molecule has 3 rings (SSSR count). The number of hydrazine groups is 1. The number of aryl methyl sites for hydroxylation is 1. The van der Waals surface area contributed by atoms with Crippen LogP contribution in [0.2, 0.25) is 0 Å². The van der Waals surface area contributed by atoms with Crippen molar-refractivity contribution in [1.82, 2.24) is 10.4 Å². The summed E-state index contributed by atoms with van der Waals surface area (Å²) in [4.78, 5) is 4.96. The number of likely N-dealkylation sites (N-methyl/N-ethyl adjacent to an activating group) is 1. The normalized spacial score (nSPS) is 22.5. The van der Waals surface area contributed by atoms with Crippen molar-refractivity contribution in [2.24, 2.45) is 4.99 Å². The van der Waals surface area contributed by atoms with Gasteiger partial charge in [0.05, 0.1) is 12.1 Å². The molecule has 0 saturated heterocycles. The molecule has 0 aromatic heterocycles. The van der Waals surface area contributed by atoms with Gasteiger partial charge < -0.3 is 5.43 Å². The Morgan fingerprint density at radius 3 is 2.52 bits per heavy atom. The van der Waals surface area contributed by atoms with Crippen LogP contribution in [0.3, 0.4) is 0 Å². The van der Waals surface area contributed by atoms with Gasteiger partial charge in [-0.2, -0.15) is 0 Å². The van der Waals surface area contributed by atoms with E-state index >= 15 is 0 Å². The number of hydrogen-bond donors (Lipinski definition) is 1. The lowest BCUT2D eigenvalue weighted by Crippen LogP contribution is -2.51. The molecule has 0 fully saturated rings. The van der Waals surface area contributed by atoms with E-state index in [1.807, 2.05) is 6.07 Å². The Balaban J connectivity index is 2.01. The van der Waals surface area contributed by atoms with E-state index in [1.54, 1.807) is 0 Å². The maximum absolute atomic E-state index is 4.96. The average molecular weight is 279 g/mol. The van der Waals surface area contributed by atoms with E-state index in [0.717, 1.165) is 11.4 Å². The van der Waals surface area contributed by atoms with Crippen LogP contribution in [0.5, 0.6) is 0 Å². The zero-order chi connectivity index (χ0) is 14.8. The second-order valence-electron chi connectivity index (χ2n) is 5.67. The largest absolute Gasteiger partial charge is 0.303 e. The van der Waals surface area contributed by atoms with Crippen molar-refractivity contribution in [3.63, 3.8) is 0 Å². The van der Waals surface area contributed by atoms with Gasteiger partial charge in [-0.1, -0.05) is 54.1 Å². The van der Waals surface area contributed by atoms with Crippen LogP contribution in [0.15, 0.2) is 59.6 Å². The number of hydrogen-bond acceptors (Lipinski definition) is 3. The number of amidine groups is 1. The Hall–Kier alpha value is -2.13. The van der Waals surface area contributed by atoms with Crippen LogP contribution < -0.4 is 5.43 Å². The smallest absolute Gasteiger partial charge is 0.143 e. The summed E-state index contributed by atoms with van der Waals surface area (Å²) in [7, 11) is 2.07. The topological polar surface area (TPSA) is 27.6 Å². The minimum absolute atomic E-state index is 0.146. The Morgan fingerprint density at radius 1 is 1.05 bits per heavy atom. The monoisotopic (exact) mass is 279 g/mol. The highest BCUT2D eigenvalue weighted by Gasteiger charge is 2.28. The minimum atomic E-state index is 0.146. The van der Waals surface area contributed by atoms with Gasteiger partial charge in [-0.15, -0.1) is 0 Å². The van der Waals surface area contributed by atoms with E-state index in [-0.39, 0.29) is 6.04 Å². The lowest BCUT2D eigenvalue weighted by Gasteiger charge is -2.36. The summed E-state index contributed by atoms with van der Waals surface area (Å²) < 4.78 is 0. The van der Waals surface area contributed by atoms with Crippen LogP contribution in [0.1, 0.15) is 29.7 Å². The van der Waals surface area contributed by atoms with Gasteiger partial charge in [-0.25, -0.2) is 5.01 Å². The quantitative estimate of drug-likeness (QED) is 0.913. The molecular weight excluding hydrogens is 258 g/mol. The number of nitrogens with one attached hydrogen (secondary N) is 1. The molecule has 1 N–H and O–H groups in total. The summed E-state index contributed by atoms with van der Waals surface area (Å²) in [5, 5.41) is 2.14.